The van der Waals surface area contributed by atoms with Crippen LogP contribution in [0.3, 0.4) is 0 Å². The molecule has 0 amide bonds. The van der Waals surface area contributed by atoms with Crippen LogP contribution in [-0.4, -0.2) is 104 Å². The fourth-order valence-corrected chi connectivity index (χ4v) is 4.92. The zero-order valence-corrected chi connectivity index (χ0v) is 26.2. The van der Waals surface area contributed by atoms with Gasteiger partial charge in [0.05, 0.1) is 19.8 Å². The van der Waals surface area contributed by atoms with Crippen LogP contribution in [0, 0.1) is 0 Å². The Kier molecular flexibility index (Phi) is 13.4. The number of hydrogen-bond acceptors (Lipinski definition) is 16. The van der Waals surface area contributed by atoms with Gasteiger partial charge in [-0.25, -0.2) is 0 Å². The SMILES string of the molecule is CC(=O)O[C@@H]1[C@@H](OC(C)=O)[C@H](OCc2ccccc2)O[C@H](CO[C@@H]2OC[C@@H](OC(C)=O)[C@H](OC(C)=O)[C@H]2OC(C)=O)[C@H]1OC(C)=O. The summed E-state index contributed by atoms with van der Waals surface area (Å²) in [5.74, 6) is -4.57. The zero-order valence-electron chi connectivity index (χ0n) is 26.2. The summed E-state index contributed by atoms with van der Waals surface area (Å²) in [5, 5.41) is 0. The molecule has 0 aromatic heterocycles. The average molecular weight is 655 g/mol. The number of carbonyl (C=O) groups excluding carboxylic acids is 6. The molecule has 0 bridgehead atoms. The molecule has 0 saturated carbocycles. The molecule has 2 saturated heterocycles. The van der Waals surface area contributed by atoms with Gasteiger partial charge in [-0.15, -0.1) is 0 Å². The van der Waals surface area contributed by atoms with E-state index in [1.807, 2.05) is 6.07 Å². The molecule has 3 rings (SSSR count). The Morgan fingerprint density at radius 2 is 1.07 bits per heavy atom. The van der Waals surface area contributed by atoms with Crippen molar-refractivity contribution in [3.8, 4) is 0 Å². The van der Waals surface area contributed by atoms with Gasteiger partial charge in [-0.3, -0.25) is 28.8 Å². The second-order valence-electron chi connectivity index (χ2n) is 10.4. The summed E-state index contributed by atoms with van der Waals surface area (Å²) in [6.07, 6.45) is -12.1. The van der Waals surface area contributed by atoms with Crippen LogP contribution in [0.25, 0.3) is 0 Å². The highest BCUT2D eigenvalue weighted by Crippen LogP contribution is 2.32. The van der Waals surface area contributed by atoms with Crippen molar-refractivity contribution in [3.05, 3.63) is 35.9 Å². The van der Waals surface area contributed by atoms with Gasteiger partial charge in [0, 0.05) is 41.5 Å². The fourth-order valence-electron chi connectivity index (χ4n) is 4.92. The van der Waals surface area contributed by atoms with Gasteiger partial charge >= 0.3 is 35.8 Å². The smallest absolute Gasteiger partial charge is 0.303 e. The van der Waals surface area contributed by atoms with Crippen molar-refractivity contribution in [1.82, 2.24) is 0 Å². The van der Waals surface area contributed by atoms with Gasteiger partial charge in [-0.1, -0.05) is 30.3 Å². The summed E-state index contributed by atoms with van der Waals surface area (Å²) in [7, 11) is 0. The van der Waals surface area contributed by atoms with E-state index in [0.717, 1.165) is 47.1 Å². The lowest BCUT2D eigenvalue weighted by molar-refractivity contribution is -0.327. The van der Waals surface area contributed by atoms with Crippen LogP contribution < -0.4 is 0 Å². The zero-order chi connectivity index (χ0) is 34.0. The molecule has 0 N–H and O–H groups in total. The quantitative estimate of drug-likeness (QED) is 0.227. The van der Waals surface area contributed by atoms with E-state index in [2.05, 4.69) is 0 Å². The third kappa shape index (κ3) is 10.8. The van der Waals surface area contributed by atoms with Gasteiger partial charge in [0.1, 0.15) is 6.10 Å². The van der Waals surface area contributed by atoms with E-state index in [1.165, 1.54) is 0 Å². The summed E-state index contributed by atoms with van der Waals surface area (Å²) >= 11 is 0. The van der Waals surface area contributed by atoms with Gasteiger partial charge in [0.15, 0.2) is 49.2 Å². The van der Waals surface area contributed by atoms with Crippen molar-refractivity contribution in [1.29, 1.82) is 0 Å². The molecule has 1 aromatic rings. The molecule has 0 aliphatic carbocycles. The number of esters is 6. The van der Waals surface area contributed by atoms with Crippen LogP contribution in [0.15, 0.2) is 30.3 Å². The summed E-state index contributed by atoms with van der Waals surface area (Å²) < 4.78 is 56.1. The van der Waals surface area contributed by atoms with E-state index >= 15 is 0 Å². The van der Waals surface area contributed by atoms with E-state index in [9.17, 15) is 28.8 Å². The van der Waals surface area contributed by atoms with Gasteiger partial charge in [0.2, 0.25) is 0 Å². The third-order valence-corrected chi connectivity index (χ3v) is 6.48. The molecule has 2 heterocycles. The average Bonchev–Trinajstić information content (AvgIpc) is 2.95. The highest BCUT2D eigenvalue weighted by molar-refractivity contribution is 5.69. The fraction of sp³-hybridized carbons (Fsp3) is 0.600. The first-order valence-electron chi connectivity index (χ1n) is 14.3. The standard InChI is InChI=1S/C30H38O16/c1-15(31)40-22-13-38-29(27(44-19(5)35)25(22)42-17(3)33)39-14-23-24(41-16(2)32)26(43-18(4)34)28(45-20(6)36)30(46-23)37-12-21-10-8-7-9-11-21/h7-11,22-30H,12-14H2,1-6H3/t22-,23-,24-,25+,26+,27-,28-,29+,30-/m1/s1. The predicted octanol–water partition coefficient (Wildman–Crippen LogP) is 0.891. The molecular weight excluding hydrogens is 616 g/mol. The minimum absolute atomic E-state index is 0.0102. The van der Waals surface area contributed by atoms with E-state index in [1.54, 1.807) is 24.3 Å². The monoisotopic (exact) mass is 654 g/mol. The first kappa shape index (κ1) is 36.3. The van der Waals surface area contributed by atoms with Gasteiger partial charge in [-0.2, -0.15) is 0 Å². The molecule has 0 spiro atoms. The molecule has 1 aromatic carbocycles. The van der Waals surface area contributed by atoms with Gasteiger partial charge in [0.25, 0.3) is 0 Å². The van der Waals surface area contributed by atoms with Crippen LogP contribution in [0.5, 0.6) is 0 Å². The van der Waals surface area contributed by atoms with E-state index in [0.29, 0.717) is 0 Å². The molecule has 254 valence electrons. The van der Waals surface area contributed by atoms with Crippen molar-refractivity contribution < 1.29 is 76.1 Å². The Hall–Kier alpha value is -4.12. The van der Waals surface area contributed by atoms with Gasteiger partial charge in [-0.05, 0) is 5.56 Å². The largest absolute Gasteiger partial charge is 0.456 e. The maximum Gasteiger partial charge on any atom is 0.303 e. The van der Waals surface area contributed by atoms with Crippen molar-refractivity contribution in [3.63, 3.8) is 0 Å². The Bertz CT molecular complexity index is 1230. The van der Waals surface area contributed by atoms with E-state index < -0.39 is 97.7 Å². The van der Waals surface area contributed by atoms with Crippen LogP contribution in [0.1, 0.15) is 47.1 Å². The Labute approximate surface area is 264 Å². The first-order valence-corrected chi connectivity index (χ1v) is 14.3. The molecule has 0 radical (unpaired) electrons. The normalized spacial score (nSPS) is 29.0. The van der Waals surface area contributed by atoms with Crippen molar-refractivity contribution in [2.75, 3.05) is 13.2 Å². The van der Waals surface area contributed by atoms with Gasteiger partial charge < -0.3 is 47.4 Å². The molecule has 2 aliphatic heterocycles. The van der Waals surface area contributed by atoms with Crippen molar-refractivity contribution in [2.24, 2.45) is 0 Å². The predicted molar refractivity (Wildman–Crippen MR) is 149 cm³/mol. The minimum Gasteiger partial charge on any atom is -0.456 e. The lowest BCUT2D eigenvalue weighted by Crippen LogP contribution is -2.63. The second kappa shape index (κ2) is 17.0. The lowest BCUT2D eigenvalue weighted by Gasteiger charge is -2.45. The molecule has 46 heavy (non-hydrogen) atoms. The summed E-state index contributed by atoms with van der Waals surface area (Å²) in [4.78, 5) is 72.1. The number of ether oxygens (including phenoxy) is 10. The molecule has 0 unspecified atom stereocenters. The molecular formula is C30H38O16. The number of hydrogen-bond donors (Lipinski definition) is 0. The second-order valence-corrected chi connectivity index (χ2v) is 10.4. The third-order valence-electron chi connectivity index (χ3n) is 6.48. The molecule has 9 atom stereocenters. The number of carbonyl (C=O) groups is 6. The summed E-state index contributed by atoms with van der Waals surface area (Å²) in [6, 6.07) is 8.96. The van der Waals surface area contributed by atoms with Crippen LogP contribution >= 0.6 is 0 Å². The molecule has 16 heteroatoms. The number of rotatable bonds is 12. The molecule has 2 aliphatic rings. The summed E-state index contributed by atoms with van der Waals surface area (Å²) in [5.41, 5.74) is 0.741. The van der Waals surface area contributed by atoms with Crippen molar-refractivity contribution in [2.45, 2.75) is 103 Å². The number of benzene rings is 1. The minimum atomic E-state index is -1.42. The van der Waals surface area contributed by atoms with E-state index in [4.69, 9.17) is 47.4 Å². The maximum absolute atomic E-state index is 12.2. The van der Waals surface area contributed by atoms with Crippen LogP contribution in [-0.2, 0) is 82.7 Å². The van der Waals surface area contributed by atoms with E-state index in [-0.39, 0.29) is 13.2 Å². The topological polar surface area (TPSA) is 195 Å². The highest BCUT2D eigenvalue weighted by Gasteiger charge is 2.54. The maximum atomic E-state index is 12.2. The first-order chi connectivity index (χ1) is 21.7. The Morgan fingerprint density at radius 3 is 1.61 bits per heavy atom. The Balaban J connectivity index is 1.93. The van der Waals surface area contributed by atoms with Crippen LogP contribution in [0.2, 0.25) is 0 Å². The lowest BCUT2D eigenvalue weighted by atomic mass is 9.98. The van der Waals surface area contributed by atoms with Crippen molar-refractivity contribution >= 4 is 35.8 Å². The summed E-state index contributed by atoms with van der Waals surface area (Å²) in [6.45, 7) is 5.93. The highest BCUT2D eigenvalue weighted by atomic mass is 16.8. The Morgan fingerprint density at radius 1 is 0.587 bits per heavy atom. The van der Waals surface area contributed by atoms with Crippen LogP contribution in [0.4, 0.5) is 0 Å². The molecule has 2 fully saturated rings. The molecule has 16 nitrogen and oxygen atoms in total.